The van der Waals surface area contributed by atoms with Crippen molar-refractivity contribution in [1.29, 1.82) is 0 Å². The van der Waals surface area contributed by atoms with Crippen molar-refractivity contribution in [3.05, 3.63) is 0 Å². The maximum atomic E-state index is 11.6. The molecule has 0 bridgehead atoms. The van der Waals surface area contributed by atoms with E-state index >= 15 is 0 Å². The number of ether oxygens (including phenoxy) is 1. The Labute approximate surface area is 105 Å². The van der Waals surface area contributed by atoms with Crippen molar-refractivity contribution in [2.24, 2.45) is 0 Å². The van der Waals surface area contributed by atoms with Crippen molar-refractivity contribution in [2.75, 3.05) is 59.2 Å². The molecule has 1 spiro atoms. The Morgan fingerprint density at radius 1 is 1.18 bits per heavy atom. The molecule has 3 heterocycles. The summed E-state index contributed by atoms with van der Waals surface area (Å²) in [5, 5.41) is 0. The molecule has 0 radical (unpaired) electrons. The zero-order valence-corrected chi connectivity index (χ0v) is 11.8. The lowest BCUT2D eigenvalue weighted by atomic mass is 9.96. The molecule has 4 nitrogen and oxygen atoms in total. The predicted molar refractivity (Wildman–Crippen MR) is 73.3 cm³/mol. The van der Waals surface area contributed by atoms with Crippen LogP contribution in [0.25, 0.3) is 0 Å². The van der Waals surface area contributed by atoms with Gasteiger partial charge in [0, 0.05) is 31.9 Å². The molecular formula is C12H24N2O2S. The van der Waals surface area contributed by atoms with Gasteiger partial charge in [0.25, 0.3) is 0 Å². The zero-order valence-electron chi connectivity index (χ0n) is 11.0. The van der Waals surface area contributed by atoms with Crippen LogP contribution in [0.5, 0.6) is 0 Å². The Bertz CT molecular complexity index is 355. The first kappa shape index (κ1) is 13.3. The molecule has 0 amide bonds. The molecule has 17 heavy (non-hydrogen) atoms. The molecular weight excluding hydrogens is 236 g/mol. The summed E-state index contributed by atoms with van der Waals surface area (Å²) in [6, 6.07) is 0. The van der Waals surface area contributed by atoms with Crippen molar-refractivity contribution in [2.45, 2.75) is 11.2 Å². The highest BCUT2D eigenvalue weighted by Crippen LogP contribution is 2.40. The second-order valence-corrected chi connectivity index (χ2v) is 8.43. The van der Waals surface area contributed by atoms with Crippen LogP contribution in [-0.4, -0.2) is 83.9 Å². The molecule has 0 aliphatic carbocycles. The summed E-state index contributed by atoms with van der Waals surface area (Å²) in [6.07, 6.45) is 1.14. The fourth-order valence-corrected chi connectivity index (χ4v) is 4.75. The highest BCUT2D eigenvalue weighted by molar-refractivity contribution is 8.03. The molecule has 1 unspecified atom stereocenters. The fourth-order valence-electron chi connectivity index (χ4n) is 2.60. The van der Waals surface area contributed by atoms with Crippen LogP contribution in [0.2, 0.25) is 0 Å². The topological polar surface area (TPSA) is 32.8 Å². The predicted octanol–water partition coefficient (Wildman–Crippen LogP) is -0.261. The summed E-state index contributed by atoms with van der Waals surface area (Å²) in [5.41, 5.74) is 0. The number of likely N-dealkylation sites (N-methyl/N-ethyl adjacent to an activating group) is 1. The van der Waals surface area contributed by atoms with Gasteiger partial charge in [-0.2, -0.15) is 0 Å². The number of hydrogen-bond acceptors (Lipinski definition) is 4. The summed E-state index contributed by atoms with van der Waals surface area (Å²) in [5.74, 6) is 4.65. The molecule has 3 rings (SSSR count). The Balaban J connectivity index is 0.000000136. The summed E-state index contributed by atoms with van der Waals surface area (Å²) >= 11 is 0. The summed E-state index contributed by atoms with van der Waals surface area (Å²) < 4.78 is 16.8. The van der Waals surface area contributed by atoms with Gasteiger partial charge in [-0.3, -0.25) is 4.21 Å². The van der Waals surface area contributed by atoms with Gasteiger partial charge < -0.3 is 14.5 Å². The van der Waals surface area contributed by atoms with E-state index in [9.17, 15) is 4.21 Å². The summed E-state index contributed by atoms with van der Waals surface area (Å²) in [7, 11) is 2.52. The molecule has 100 valence electrons. The Kier molecular flexibility index (Phi) is 3.83. The van der Waals surface area contributed by atoms with Gasteiger partial charge in [-0.1, -0.05) is 0 Å². The molecule has 0 aromatic rings. The summed E-state index contributed by atoms with van der Waals surface area (Å²) in [6.45, 7) is 6.04. The number of hydrogen-bond donors (Lipinski definition) is 0. The third-order valence-electron chi connectivity index (χ3n) is 4.03. The standard InChI is InChI=1S/C7H13NOS.C5H11NO/c1-8-5-7(6-8)3-4-10(7,2)9;1-6-2-4-7-5-3-6/h2-6H2,1H3;2-5H2,1H3. The lowest BCUT2D eigenvalue weighted by Gasteiger charge is -2.56. The van der Waals surface area contributed by atoms with E-state index in [4.69, 9.17) is 4.74 Å². The minimum absolute atomic E-state index is 0.155. The molecule has 3 aliphatic rings. The Morgan fingerprint density at radius 3 is 1.94 bits per heavy atom. The minimum atomic E-state index is -1.66. The second kappa shape index (κ2) is 4.88. The minimum Gasteiger partial charge on any atom is -0.379 e. The van der Waals surface area contributed by atoms with Crippen LogP contribution in [0.1, 0.15) is 6.42 Å². The van der Waals surface area contributed by atoms with E-state index < -0.39 is 9.52 Å². The Hall–Kier alpha value is -0.100. The highest BCUT2D eigenvalue weighted by atomic mass is 32.2. The molecule has 5 heteroatoms. The first-order valence-electron chi connectivity index (χ1n) is 6.25. The van der Waals surface area contributed by atoms with E-state index in [1.165, 1.54) is 0 Å². The number of nitrogens with zero attached hydrogens (tertiary/aromatic N) is 2. The molecule has 3 saturated heterocycles. The van der Waals surface area contributed by atoms with E-state index in [0.717, 1.165) is 51.6 Å². The van der Waals surface area contributed by atoms with Gasteiger partial charge in [0.15, 0.2) is 0 Å². The van der Waals surface area contributed by atoms with Crippen LogP contribution in [0, 0.1) is 0 Å². The number of morpholine rings is 1. The van der Waals surface area contributed by atoms with Gasteiger partial charge in [-0.25, -0.2) is 0 Å². The maximum absolute atomic E-state index is 11.6. The van der Waals surface area contributed by atoms with Crippen LogP contribution in [0.3, 0.4) is 0 Å². The molecule has 3 fully saturated rings. The van der Waals surface area contributed by atoms with E-state index in [1.54, 1.807) is 0 Å². The monoisotopic (exact) mass is 260 g/mol. The van der Waals surface area contributed by atoms with Crippen molar-refractivity contribution in [1.82, 2.24) is 9.80 Å². The molecule has 3 aliphatic heterocycles. The van der Waals surface area contributed by atoms with Crippen molar-refractivity contribution in [3.63, 3.8) is 0 Å². The molecule has 0 aromatic carbocycles. The lowest BCUT2D eigenvalue weighted by Crippen LogP contribution is -2.70. The van der Waals surface area contributed by atoms with Gasteiger partial charge in [0.05, 0.1) is 18.0 Å². The number of likely N-dealkylation sites (tertiary alicyclic amines) is 1. The smallest absolute Gasteiger partial charge is 0.0645 e. The van der Waals surface area contributed by atoms with Crippen LogP contribution in [-0.2, 0) is 14.3 Å². The molecule has 1 atom stereocenters. The van der Waals surface area contributed by atoms with Crippen LogP contribution < -0.4 is 0 Å². The average Bonchev–Trinajstić information content (AvgIpc) is 2.25. The molecule has 0 N–H and O–H groups in total. The quantitative estimate of drug-likeness (QED) is 0.562. The zero-order chi connectivity index (χ0) is 12.5. The Morgan fingerprint density at radius 2 is 1.76 bits per heavy atom. The third-order valence-corrected chi connectivity index (χ3v) is 6.93. The number of rotatable bonds is 0. The van der Waals surface area contributed by atoms with Gasteiger partial charge in [0.2, 0.25) is 0 Å². The van der Waals surface area contributed by atoms with Gasteiger partial charge >= 0.3 is 0 Å². The van der Waals surface area contributed by atoms with Gasteiger partial charge in [-0.05, 0) is 35.9 Å². The maximum Gasteiger partial charge on any atom is 0.0645 e. The van der Waals surface area contributed by atoms with E-state index in [2.05, 4.69) is 29.8 Å². The highest BCUT2D eigenvalue weighted by Gasteiger charge is 2.53. The summed E-state index contributed by atoms with van der Waals surface area (Å²) in [4.78, 5) is 4.48. The third kappa shape index (κ3) is 2.67. The first-order valence-corrected chi connectivity index (χ1v) is 8.14. The van der Waals surface area contributed by atoms with Crippen molar-refractivity contribution < 1.29 is 8.95 Å². The van der Waals surface area contributed by atoms with E-state index in [0.29, 0.717) is 0 Å². The fraction of sp³-hybridized carbons (Fsp3) is 0.917. The van der Waals surface area contributed by atoms with Crippen molar-refractivity contribution >= 4 is 15.4 Å². The first-order chi connectivity index (χ1) is 7.95. The molecule has 0 aromatic heterocycles. The van der Waals surface area contributed by atoms with Crippen LogP contribution in [0.4, 0.5) is 0 Å². The second-order valence-electron chi connectivity index (χ2n) is 5.54. The van der Waals surface area contributed by atoms with Gasteiger partial charge in [-0.15, -0.1) is 0 Å². The van der Waals surface area contributed by atoms with E-state index in [-0.39, 0.29) is 4.75 Å². The van der Waals surface area contributed by atoms with Crippen molar-refractivity contribution in [3.8, 4) is 0 Å². The van der Waals surface area contributed by atoms with Crippen LogP contribution >= 0.6 is 0 Å². The largest absolute Gasteiger partial charge is 0.379 e. The SMILES string of the molecule is C=S1(=O)CCC12CN(C)C2.CN1CCOCC1. The molecule has 0 saturated carbocycles. The van der Waals surface area contributed by atoms with E-state index in [1.807, 2.05) is 0 Å². The average molecular weight is 260 g/mol. The van der Waals surface area contributed by atoms with Gasteiger partial charge in [0.1, 0.15) is 0 Å². The van der Waals surface area contributed by atoms with Crippen LogP contribution in [0.15, 0.2) is 0 Å². The normalized spacial score (nSPS) is 36.6. The lowest BCUT2D eigenvalue weighted by molar-refractivity contribution is 0.0503.